The fraction of sp³-hybridized carbons (Fsp3) is 0.348. The minimum atomic E-state index is -0.631. The van der Waals surface area contributed by atoms with Crippen LogP contribution in [0.15, 0.2) is 34.8 Å². The summed E-state index contributed by atoms with van der Waals surface area (Å²) >= 11 is 2.94. The highest BCUT2D eigenvalue weighted by Crippen LogP contribution is 2.28. The van der Waals surface area contributed by atoms with Crippen LogP contribution in [0.2, 0.25) is 0 Å². The number of aryl methyl sites for hydroxylation is 1. The van der Waals surface area contributed by atoms with Crippen LogP contribution in [0.25, 0.3) is 11.4 Å². The summed E-state index contributed by atoms with van der Waals surface area (Å²) in [4.78, 5) is 38.0. The fourth-order valence-electron chi connectivity index (χ4n) is 3.21. The van der Waals surface area contributed by atoms with E-state index >= 15 is 0 Å². The smallest absolute Gasteiger partial charge is 0.339 e. The van der Waals surface area contributed by atoms with Crippen LogP contribution in [0.1, 0.15) is 45.9 Å². The zero-order chi connectivity index (χ0) is 24.7. The van der Waals surface area contributed by atoms with Crippen LogP contribution >= 0.6 is 23.1 Å². The topological polar surface area (TPSA) is 112 Å². The maximum atomic E-state index is 12.7. The Morgan fingerprint density at radius 2 is 1.85 bits per heavy atom. The zero-order valence-electron chi connectivity index (χ0n) is 19.4. The molecule has 11 heteroatoms. The number of nitrogens with zero attached hydrogens (tertiary/aromatic N) is 3. The van der Waals surface area contributed by atoms with Gasteiger partial charge in [-0.1, -0.05) is 25.6 Å². The second kappa shape index (κ2) is 11.8. The standard InChI is InChI=1S/C23H26N4O5S2/c1-5-9-27-20(15-10-16(6-2)33-12-15)25-26-23(27)34-13-19(28)24-18-11-14(21(29)31-3)7-8-17(18)22(30)32-4/h7-8,10-12H,5-6,9,13H2,1-4H3,(H,24,28). The number of carbonyl (C=O) groups excluding carboxylic acids is 3. The van der Waals surface area contributed by atoms with E-state index in [1.807, 2.05) is 4.57 Å². The molecule has 1 N–H and O–H groups in total. The average Bonchev–Trinajstić information content (AvgIpc) is 3.48. The molecule has 0 radical (unpaired) electrons. The second-order valence-corrected chi connectivity index (χ2v) is 9.13. The minimum absolute atomic E-state index is 0.0365. The van der Waals surface area contributed by atoms with Crippen molar-refractivity contribution in [2.24, 2.45) is 0 Å². The predicted octanol–water partition coefficient (Wildman–Crippen LogP) is 4.28. The first-order chi connectivity index (χ1) is 16.4. The number of amides is 1. The number of nitrogens with one attached hydrogen (secondary N) is 1. The number of hydrogen-bond acceptors (Lipinski definition) is 9. The number of rotatable bonds is 10. The molecular formula is C23H26N4O5S2. The van der Waals surface area contributed by atoms with Crippen molar-refractivity contribution in [1.82, 2.24) is 14.8 Å². The van der Waals surface area contributed by atoms with Gasteiger partial charge in [0.05, 0.1) is 36.8 Å². The number of benzene rings is 1. The molecule has 3 aromatic rings. The Bertz CT molecular complexity index is 1190. The molecule has 0 atom stereocenters. The van der Waals surface area contributed by atoms with Gasteiger partial charge >= 0.3 is 11.9 Å². The van der Waals surface area contributed by atoms with Gasteiger partial charge in [-0.2, -0.15) is 0 Å². The highest BCUT2D eigenvalue weighted by Gasteiger charge is 2.19. The third-order valence-electron chi connectivity index (χ3n) is 4.88. The molecule has 1 amide bonds. The summed E-state index contributed by atoms with van der Waals surface area (Å²) in [5.74, 6) is -0.766. The van der Waals surface area contributed by atoms with E-state index in [0.717, 1.165) is 30.8 Å². The number of methoxy groups -OCH3 is 2. The molecule has 0 fully saturated rings. The summed E-state index contributed by atoms with van der Waals surface area (Å²) in [6.07, 6.45) is 1.84. The van der Waals surface area contributed by atoms with Crippen LogP contribution in [-0.2, 0) is 27.2 Å². The Morgan fingerprint density at radius 1 is 1.09 bits per heavy atom. The molecule has 0 spiro atoms. The van der Waals surface area contributed by atoms with Gasteiger partial charge in [-0.25, -0.2) is 9.59 Å². The van der Waals surface area contributed by atoms with Crippen molar-refractivity contribution in [2.45, 2.75) is 38.4 Å². The molecule has 0 aliphatic rings. The normalized spacial score (nSPS) is 10.7. The lowest BCUT2D eigenvalue weighted by molar-refractivity contribution is -0.113. The van der Waals surface area contributed by atoms with Gasteiger partial charge in [-0.3, -0.25) is 4.79 Å². The summed E-state index contributed by atoms with van der Waals surface area (Å²) in [6, 6.07) is 6.35. The first-order valence-corrected chi connectivity index (χ1v) is 12.5. The number of aromatic nitrogens is 3. The Kier molecular flexibility index (Phi) is 8.83. The molecule has 2 heterocycles. The summed E-state index contributed by atoms with van der Waals surface area (Å²) < 4.78 is 11.5. The van der Waals surface area contributed by atoms with Gasteiger partial charge in [-0.15, -0.1) is 21.5 Å². The van der Waals surface area contributed by atoms with E-state index in [-0.39, 0.29) is 28.5 Å². The van der Waals surface area contributed by atoms with Gasteiger partial charge in [0.15, 0.2) is 11.0 Å². The monoisotopic (exact) mass is 502 g/mol. The molecule has 0 bridgehead atoms. The molecule has 0 aliphatic carbocycles. The van der Waals surface area contributed by atoms with Gasteiger partial charge in [0.2, 0.25) is 5.91 Å². The fourth-order valence-corrected chi connectivity index (χ4v) is 4.79. The van der Waals surface area contributed by atoms with Gasteiger partial charge in [0.25, 0.3) is 0 Å². The molecule has 2 aromatic heterocycles. The third-order valence-corrected chi connectivity index (χ3v) is 6.92. The van der Waals surface area contributed by atoms with Crippen LogP contribution in [0.3, 0.4) is 0 Å². The Labute approximate surface area is 205 Å². The van der Waals surface area contributed by atoms with Gasteiger partial charge in [0.1, 0.15) is 0 Å². The first-order valence-electron chi connectivity index (χ1n) is 10.7. The quantitative estimate of drug-likeness (QED) is 0.323. The van der Waals surface area contributed by atoms with Crippen LogP contribution in [0.5, 0.6) is 0 Å². The molecule has 34 heavy (non-hydrogen) atoms. The number of anilines is 1. The maximum Gasteiger partial charge on any atom is 0.339 e. The Balaban J connectivity index is 1.77. The lowest BCUT2D eigenvalue weighted by Gasteiger charge is -2.12. The van der Waals surface area contributed by atoms with Crippen LogP contribution in [0, 0.1) is 0 Å². The summed E-state index contributed by atoms with van der Waals surface area (Å²) in [5, 5.41) is 14.0. The highest BCUT2D eigenvalue weighted by molar-refractivity contribution is 7.99. The zero-order valence-corrected chi connectivity index (χ0v) is 21.0. The van der Waals surface area contributed by atoms with Crippen molar-refractivity contribution in [3.05, 3.63) is 45.6 Å². The van der Waals surface area contributed by atoms with Crippen molar-refractivity contribution >= 4 is 46.6 Å². The van der Waals surface area contributed by atoms with Crippen molar-refractivity contribution in [1.29, 1.82) is 0 Å². The maximum absolute atomic E-state index is 12.7. The van der Waals surface area contributed by atoms with Crippen molar-refractivity contribution in [2.75, 3.05) is 25.3 Å². The Hall–Kier alpha value is -3.18. The van der Waals surface area contributed by atoms with E-state index in [4.69, 9.17) is 9.47 Å². The highest BCUT2D eigenvalue weighted by atomic mass is 32.2. The second-order valence-electron chi connectivity index (χ2n) is 7.19. The third kappa shape index (κ3) is 5.84. The summed E-state index contributed by atoms with van der Waals surface area (Å²) in [7, 11) is 2.50. The minimum Gasteiger partial charge on any atom is -0.465 e. The van der Waals surface area contributed by atoms with Gasteiger partial charge in [-0.05, 0) is 37.1 Å². The number of esters is 2. The number of thioether (sulfide) groups is 1. The van der Waals surface area contributed by atoms with Crippen molar-refractivity contribution < 1.29 is 23.9 Å². The van der Waals surface area contributed by atoms with Gasteiger partial charge in [0, 0.05) is 22.4 Å². The number of hydrogen-bond donors (Lipinski definition) is 1. The average molecular weight is 503 g/mol. The molecule has 9 nitrogen and oxygen atoms in total. The Morgan fingerprint density at radius 3 is 2.50 bits per heavy atom. The first kappa shape index (κ1) is 25.4. The van der Waals surface area contributed by atoms with Crippen molar-refractivity contribution in [3.63, 3.8) is 0 Å². The predicted molar refractivity (Wildman–Crippen MR) is 131 cm³/mol. The number of carbonyl (C=O) groups is 3. The molecule has 180 valence electrons. The van der Waals surface area contributed by atoms with Gasteiger partial charge < -0.3 is 19.4 Å². The van der Waals surface area contributed by atoms with Crippen LogP contribution in [-0.4, -0.2) is 52.6 Å². The molecule has 0 aliphatic heterocycles. The van der Waals surface area contributed by atoms with E-state index in [1.165, 1.54) is 49.1 Å². The summed E-state index contributed by atoms with van der Waals surface area (Å²) in [5.41, 5.74) is 1.52. The molecule has 3 rings (SSSR count). The van der Waals surface area contributed by atoms with E-state index in [1.54, 1.807) is 11.3 Å². The van der Waals surface area contributed by atoms with Crippen molar-refractivity contribution in [3.8, 4) is 11.4 Å². The molecular weight excluding hydrogens is 476 g/mol. The molecule has 0 unspecified atom stereocenters. The lowest BCUT2D eigenvalue weighted by Crippen LogP contribution is -2.18. The van der Waals surface area contributed by atoms with Crippen LogP contribution in [0.4, 0.5) is 5.69 Å². The number of thiophene rings is 1. The van der Waals surface area contributed by atoms with Crippen LogP contribution < -0.4 is 5.32 Å². The summed E-state index contributed by atoms with van der Waals surface area (Å²) in [6.45, 7) is 4.90. The molecule has 0 saturated heterocycles. The van der Waals surface area contributed by atoms with E-state index in [2.05, 4.69) is 40.8 Å². The number of ether oxygens (including phenoxy) is 2. The largest absolute Gasteiger partial charge is 0.465 e. The van der Waals surface area contributed by atoms with E-state index in [9.17, 15) is 14.4 Å². The van der Waals surface area contributed by atoms with E-state index < -0.39 is 11.9 Å². The SMILES string of the molecule is CCCn1c(SCC(=O)Nc2cc(C(=O)OC)ccc2C(=O)OC)nnc1-c1csc(CC)c1. The lowest BCUT2D eigenvalue weighted by atomic mass is 10.1. The van der Waals surface area contributed by atoms with E-state index in [0.29, 0.717) is 5.16 Å². The molecule has 0 saturated carbocycles. The molecule has 1 aromatic carbocycles.